The van der Waals surface area contributed by atoms with Crippen molar-refractivity contribution in [1.82, 2.24) is 10.6 Å². The summed E-state index contributed by atoms with van der Waals surface area (Å²) in [7, 11) is 0. The topological polar surface area (TPSA) is 131 Å². The number of nitrogens with one attached hydrogen (secondary N) is 2. The van der Waals surface area contributed by atoms with E-state index in [4.69, 9.17) is 9.47 Å². The number of aliphatic hydroxyl groups is 1. The molecule has 2 unspecified atom stereocenters. The van der Waals surface area contributed by atoms with Crippen LogP contribution in [0.15, 0.2) is 0 Å². The Hall–Kier alpha value is -2.16. The van der Waals surface area contributed by atoms with E-state index in [1.165, 1.54) is 0 Å². The fourth-order valence-corrected chi connectivity index (χ4v) is 4.16. The van der Waals surface area contributed by atoms with Gasteiger partial charge in [0.2, 0.25) is 11.8 Å². The number of esters is 2. The first-order chi connectivity index (χ1) is 18.8. The first kappa shape index (κ1) is 36.8. The van der Waals surface area contributed by atoms with Crippen molar-refractivity contribution in [2.24, 2.45) is 0 Å². The van der Waals surface area contributed by atoms with Crippen LogP contribution in [0.2, 0.25) is 0 Å². The largest absolute Gasteiger partial charge is 0.466 e. The molecule has 0 aliphatic carbocycles. The summed E-state index contributed by atoms with van der Waals surface area (Å²) < 4.78 is 10.4. The van der Waals surface area contributed by atoms with Crippen LogP contribution in [0.5, 0.6) is 0 Å². The van der Waals surface area contributed by atoms with Crippen molar-refractivity contribution < 1.29 is 33.8 Å². The Bertz CT molecular complexity index is 657. The van der Waals surface area contributed by atoms with Crippen LogP contribution in [0.3, 0.4) is 0 Å². The van der Waals surface area contributed by atoms with Gasteiger partial charge >= 0.3 is 11.9 Å². The molecule has 0 radical (unpaired) electrons. The molecule has 0 aliphatic rings. The third kappa shape index (κ3) is 23.4. The van der Waals surface area contributed by atoms with E-state index in [1.54, 1.807) is 6.92 Å². The molecule has 0 saturated carbocycles. The maximum atomic E-state index is 11.9. The van der Waals surface area contributed by atoms with Gasteiger partial charge in [0.05, 0.1) is 19.4 Å². The number of hydrogen-bond acceptors (Lipinski definition) is 7. The molecule has 9 heteroatoms. The molecular weight excluding hydrogens is 500 g/mol. The van der Waals surface area contributed by atoms with Gasteiger partial charge < -0.3 is 25.2 Å². The molecule has 0 saturated heterocycles. The van der Waals surface area contributed by atoms with Gasteiger partial charge in [-0.25, -0.2) is 0 Å². The highest BCUT2D eigenvalue weighted by atomic mass is 16.6. The first-order valence-corrected chi connectivity index (χ1v) is 15.4. The van der Waals surface area contributed by atoms with E-state index in [0.717, 1.165) is 83.5 Å². The molecule has 0 spiro atoms. The Kier molecular flexibility index (Phi) is 24.6. The Morgan fingerprint density at radius 1 is 0.641 bits per heavy atom. The fourth-order valence-electron chi connectivity index (χ4n) is 4.16. The van der Waals surface area contributed by atoms with Gasteiger partial charge in [-0.05, 0) is 38.5 Å². The van der Waals surface area contributed by atoms with Crippen molar-refractivity contribution in [3.63, 3.8) is 0 Å². The van der Waals surface area contributed by atoms with Crippen LogP contribution >= 0.6 is 0 Å². The van der Waals surface area contributed by atoms with Gasteiger partial charge in [-0.1, -0.05) is 78.6 Å². The normalized spacial score (nSPS) is 12.4. The zero-order valence-corrected chi connectivity index (χ0v) is 24.9. The average Bonchev–Trinajstić information content (AvgIpc) is 2.92. The van der Waals surface area contributed by atoms with E-state index in [1.807, 2.05) is 6.92 Å². The fraction of sp³-hybridized carbons (Fsp3) is 0.867. The van der Waals surface area contributed by atoms with Gasteiger partial charge in [0, 0.05) is 25.7 Å². The van der Waals surface area contributed by atoms with Crippen LogP contribution in [0.4, 0.5) is 0 Å². The molecule has 228 valence electrons. The molecule has 3 N–H and O–H groups in total. The predicted molar refractivity (Wildman–Crippen MR) is 153 cm³/mol. The maximum Gasteiger partial charge on any atom is 0.305 e. The SMILES string of the molecule is CCCCCC(OC(=O)CC)C(O)CCCCCCCCCCC(=O)NCNC(=O)CCCC(=O)OCCC. The van der Waals surface area contributed by atoms with E-state index < -0.39 is 6.10 Å². The quantitative estimate of drug-likeness (QED) is 0.0732. The third-order valence-electron chi connectivity index (χ3n) is 6.57. The lowest BCUT2D eigenvalue weighted by Crippen LogP contribution is -2.37. The molecule has 0 bridgehead atoms. The number of rotatable bonds is 26. The van der Waals surface area contributed by atoms with Crippen molar-refractivity contribution in [1.29, 1.82) is 0 Å². The van der Waals surface area contributed by atoms with Crippen molar-refractivity contribution in [2.45, 2.75) is 155 Å². The second-order valence-electron chi connectivity index (χ2n) is 10.3. The number of ether oxygens (including phenoxy) is 2. The zero-order chi connectivity index (χ0) is 29.1. The molecule has 0 aromatic carbocycles. The molecule has 2 atom stereocenters. The van der Waals surface area contributed by atoms with E-state index in [0.29, 0.717) is 32.3 Å². The number of hydrogen-bond donors (Lipinski definition) is 3. The minimum Gasteiger partial charge on any atom is -0.466 e. The zero-order valence-electron chi connectivity index (χ0n) is 24.9. The van der Waals surface area contributed by atoms with Gasteiger partial charge in [0.25, 0.3) is 0 Å². The van der Waals surface area contributed by atoms with E-state index in [9.17, 15) is 24.3 Å². The monoisotopic (exact) mass is 556 g/mol. The van der Waals surface area contributed by atoms with Crippen molar-refractivity contribution >= 4 is 23.8 Å². The second-order valence-corrected chi connectivity index (χ2v) is 10.3. The number of carbonyl (C=O) groups is 4. The highest BCUT2D eigenvalue weighted by Crippen LogP contribution is 2.18. The Balaban J connectivity index is 3.69. The molecule has 0 heterocycles. The van der Waals surface area contributed by atoms with Crippen LogP contribution in [0, 0.1) is 0 Å². The predicted octanol–water partition coefficient (Wildman–Crippen LogP) is 5.46. The number of amides is 2. The smallest absolute Gasteiger partial charge is 0.305 e. The standard InChI is InChI=1S/C30H56N2O7/c1-4-7-14-19-26(39-29(36)6-3)25(33)18-15-12-10-8-9-11-13-16-20-27(34)31-24-32-28(35)21-17-22-30(37)38-23-5-2/h25-26,33H,4-24H2,1-3H3,(H,31,34)(H,32,35). The summed E-state index contributed by atoms with van der Waals surface area (Å²) >= 11 is 0. The Morgan fingerprint density at radius 3 is 1.79 bits per heavy atom. The van der Waals surface area contributed by atoms with Crippen molar-refractivity contribution in [3.05, 3.63) is 0 Å². The van der Waals surface area contributed by atoms with Crippen LogP contribution < -0.4 is 10.6 Å². The third-order valence-corrected chi connectivity index (χ3v) is 6.57. The van der Waals surface area contributed by atoms with E-state index in [2.05, 4.69) is 17.6 Å². The molecule has 2 amide bonds. The van der Waals surface area contributed by atoms with Crippen LogP contribution in [-0.4, -0.2) is 54.3 Å². The van der Waals surface area contributed by atoms with Gasteiger partial charge in [-0.2, -0.15) is 0 Å². The van der Waals surface area contributed by atoms with Gasteiger partial charge in [-0.15, -0.1) is 0 Å². The summed E-state index contributed by atoms with van der Waals surface area (Å²) in [4.78, 5) is 46.8. The lowest BCUT2D eigenvalue weighted by atomic mass is 9.99. The molecular formula is C30H56N2O7. The molecule has 0 fully saturated rings. The van der Waals surface area contributed by atoms with Crippen LogP contribution in [-0.2, 0) is 28.7 Å². The maximum absolute atomic E-state index is 11.9. The number of aliphatic hydroxyl groups excluding tert-OH is 1. The second kappa shape index (κ2) is 26.1. The molecule has 9 nitrogen and oxygen atoms in total. The van der Waals surface area contributed by atoms with E-state index in [-0.39, 0.29) is 49.4 Å². The summed E-state index contributed by atoms with van der Waals surface area (Å²) in [6.45, 7) is 6.34. The first-order valence-electron chi connectivity index (χ1n) is 15.4. The van der Waals surface area contributed by atoms with Crippen molar-refractivity contribution in [3.8, 4) is 0 Å². The summed E-state index contributed by atoms with van der Waals surface area (Å²) in [5.41, 5.74) is 0. The Labute approximate surface area is 236 Å². The summed E-state index contributed by atoms with van der Waals surface area (Å²) in [5.74, 6) is -0.795. The summed E-state index contributed by atoms with van der Waals surface area (Å²) in [5, 5.41) is 15.8. The number of unbranched alkanes of at least 4 members (excludes halogenated alkanes) is 9. The summed E-state index contributed by atoms with van der Waals surface area (Å²) in [6, 6.07) is 0. The van der Waals surface area contributed by atoms with Gasteiger partial charge in [0.15, 0.2) is 0 Å². The average molecular weight is 557 g/mol. The van der Waals surface area contributed by atoms with Gasteiger partial charge in [0.1, 0.15) is 6.10 Å². The molecule has 0 rings (SSSR count). The highest BCUT2D eigenvalue weighted by molar-refractivity contribution is 5.79. The minimum atomic E-state index is -0.585. The molecule has 0 aromatic rings. The lowest BCUT2D eigenvalue weighted by molar-refractivity contribution is -0.155. The molecule has 0 aromatic heterocycles. The molecule has 39 heavy (non-hydrogen) atoms. The van der Waals surface area contributed by atoms with Crippen molar-refractivity contribution in [2.75, 3.05) is 13.3 Å². The number of carbonyl (C=O) groups excluding carboxylic acids is 4. The van der Waals surface area contributed by atoms with Crippen LogP contribution in [0.25, 0.3) is 0 Å². The van der Waals surface area contributed by atoms with E-state index >= 15 is 0 Å². The molecule has 0 aliphatic heterocycles. The van der Waals surface area contributed by atoms with Gasteiger partial charge in [-0.3, -0.25) is 19.2 Å². The lowest BCUT2D eigenvalue weighted by Gasteiger charge is -2.23. The van der Waals surface area contributed by atoms with Crippen LogP contribution in [0.1, 0.15) is 143 Å². The highest BCUT2D eigenvalue weighted by Gasteiger charge is 2.22. The minimum absolute atomic E-state index is 0.0744. The summed E-state index contributed by atoms with van der Waals surface area (Å²) in [6.07, 6.45) is 14.3. The Morgan fingerprint density at radius 2 is 1.21 bits per heavy atom.